The van der Waals surface area contributed by atoms with Crippen LogP contribution in [0.5, 0.6) is 0 Å². The fourth-order valence-electron chi connectivity index (χ4n) is 3.76. The molecule has 152 valence electrons. The summed E-state index contributed by atoms with van der Waals surface area (Å²) in [4.78, 5) is 19.4. The molecule has 2 aromatic carbocycles. The molecule has 0 N–H and O–H groups in total. The fourth-order valence-corrected chi connectivity index (χ4v) is 4.49. The molecule has 0 spiro atoms. The summed E-state index contributed by atoms with van der Waals surface area (Å²) in [6.45, 7) is 1.43. The van der Waals surface area contributed by atoms with Crippen LogP contribution in [-0.2, 0) is 4.79 Å². The third-order valence-corrected chi connectivity index (χ3v) is 6.41. The second kappa shape index (κ2) is 8.48. The number of rotatable bonds is 6. The summed E-state index contributed by atoms with van der Waals surface area (Å²) < 4.78 is 1.94. The molecule has 1 fully saturated rings. The van der Waals surface area contributed by atoms with Gasteiger partial charge in [-0.25, -0.2) is 9.67 Å². The van der Waals surface area contributed by atoms with Crippen molar-refractivity contribution in [3.05, 3.63) is 78.1 Å². The van der Waals surface area contributed by atoms with Gasteiger partial charge in [0.15, 0.2) is 0 Å². The zero-order valence-electron chi connectivity index (χ0n) is 16.8. The second-order valence-electron chi connectivity index (χ2n) is 7.75. The Bertz CT molecular complexity index is 1060. The van der Waals surface area contributed by atoms with Gasteiger partial charge < -0.3 is 4.90 Å². The normalized spacial score (nSPS) is 16.4. The van der Waals surface area contributed by atoms with E-state index in [2.05, 4.69) is 30.3 Å². The number of para-hydroxylation sites is 1. The molecule has 1 aliphatic heterocycles. The van der Waals surface area contributed by atoms with Crippen molar-refractivity contribution in [1.82, 2.24) is 19.7 Å². The van der Waals surface area contributed by atoms with E-state index in [0.717, 1.165) is 24.5 Å². The van der Waals surface area contributed by atoms with E-state index in [1.54, 1.807) is 0 Å². The molecule has 0 atom stereocenters. The van der Waals surface area contributed by atoms with Crippen LogP contribution in [0.4, 0.5) is 0 Å². The smallest absolute Gasteiger partial charge is 0.233 e. The molecule has 2 aliphatic rings. The molecule has 3 aromatic rings. The Balaban J connectivity index is 1.23. The fraction of sp³-hybridized carbons (Fsp3) is 0.292. The summed E-state index contributed by atoms with van der Waals surface area (Å²) in [7, 11) is 0. The van der Waals surface area contributed by atoms with Crippen LogP contribution in [0.25, 0.3) is 11.3 Å². The van der Waals surface area contributed by atoms with Crippen LogP contribution in [0.2, 0.25) is 0 Å². The Morgan fingerprint density at radius 3 is 2.43 bits per heavy atom. The highest BCUT2D eigenvalue weighted by Crippen LogP contribution is 2.40. The highest BCUT2D eigenvalue weighted by Gasteiger charge is 2.30. The minimum atomic E-state index is 0.146. The lowest BCUT2D eigenvalue weighted by Gasteiger charge is -2.26. The van der Waals surface area contributed by atoms with Gasteiger partial charge in [-0.15, -0.1) is 5.10 Å². The number of aromatic nitrogens is 3. The van der Waals surface area contributed by atoms with Crippen LogP contribution in [0, 0.1) is 0 Å². The van der Waals surface area contributed by atoms with Gasteiger partial charge >= 0.3 is 0 Å². The molecule has 1 aliphatic carbocycles. The summed E-state index contributed by atoms with van der Waals surface area (Å²) in [6, 6.07) is 20.5. The minimum absolute atomic E-state index is 0.146. The summed E-state index contributed by atoms with van der Waals surface area (Å²) >= 11 is 1.44. The predicted octanol–water partition coefficient (Wildman–Crippen LogP) is 4.55. The lowest BCUT2D eigenvalue weighted by Crippen LogP contribution is -2.35. The highest BCUT2D eigenvalue weighted by molar-refractivity contribution is 7.99. The first-order valence-electron chi connectivity index (χ1n) is 10.5. The van der Waals surface area contributed by atoms with Crippen molar-refractivity contribution >= 4 is 23.2 Å². The van der Waals surface area contributed by atoms with Crippen LogP contribution in [-0.4, -0.2) is 44.4 Å². The van der Waals surface area contributed by atoms with Crippen molar-refractivity contribution in [3.63, 3.8) is 0 Å². The van der Waals surface area contributed by atoms with E-state index in [4.69, 9.17) is 10.1 Å². The lowest BCUT2D eigenvalue weighted by atomic mass is 10.00. The van der Waals surface area contributed by atoms with Crippen molar-refractivity contribution in [2.75, 3.05) is 18.8 Å². The average Bonchev–Trinajstić information content (AvgIpc) is 3.58. The Kier molecular flexibility index (Phi) is 5.41. The molecular formula is C24H24N4OS. The maximum absolute atomic E-state index is 12.7. The van der Waals surface area contributed by atoms with E-state index >= 15 is 0 Å². The predicted molar refractivity (Wildman–Crippen MR) is 120 cm³/mol. The number of carbonyl (C=O) groups is 1. The van der Waals surface area contributed by atoms with Crippen molar-refractivity contribution in [2.45, 2.75) is 30.3 Å². The van der Waals surface area contributed by atoms with E-state index in [1.807, 2.05) is 46.0 Å². The highest BCUT2D eigenvalue weighted by atomic mass is 32.2. The maximum atomic E-state index is 12.7. The van der Waals surface area contributed by atoms with E-state index in [0.29, 0.717) is 23.4 Å². The third kappa shape index (κ3) is 4.19. The first-order chi connectivity index (χ1) is 14.8. The number of nitrogens with zero attached hydrogens (tertiary/aromatic N) is 4. The molecule has 30 heavy (non-hydrogen) atoms. The van der Waals surface area contributed by atoms with Crippen LogP contribution < -0.4 is 0 Å². The molecule has 0 bridgehead atoms. The van der Waals surface area contributed by atoms with Gasteiger partial charge in [0.2, 0.25) is 11.1 Å². The van der Waals surface area contributed by atoms with Gasteiger partial charge in [0.25, 0.3) is 0 Å². The molecule has 5 rings (SSSR count). The number of amides is 1. The van der Waals surface area contributed by atoms with Gasteiger partial charge in [-0.2, -0.15) is 0 Å². The van der Waals surface area contributed by atoms with Crippen LogP contribution >= 0.6 is 11.8 Å². The minimum Gasteiger partial charge on any atom is -0.338 e. The summed E-state index contributed by atoms with van der Waals surface area (Å²) in [5, 5.41) is 5.38. The molecule has 0 saturated heterocycles. The number of benzene rings is 2. The Hall–Kier alpha value is -2.86. The average molecular weight is 417 g/mol. The third-order valence-electron chi connectivity index (χ3n) is 5.59. The Morgan fingerprint density at radius 2 is 1.77 bits per heavy atom. The van der Waals surface area contributed by atoms with Gasteiger partial charge in [-0.1, -0.05) is 66.4 Å². The SMILES string of the molecule is O=C(CSc1nc(C2CC2)n(-c2ccccc2)n1)N1CC=C(c2ccccc2)CC1. The van der Waals surface area contributed by atoms with E-state index < -0.39 is 0 Å². The van der Waals surface area contributed by atoms with Gasteiger partial charge in [0.05, 0.1) is 11.4 Å². The van der Waals surface area contributed by atoms with Gasteiger partial charge in [0, 0.05) is 19.0 Å². The topological polar surface area (TPSA) is 51.0 Å². The quantitative estimate of drug-likeness (QED) is 0.553. The molecule has 5 nitrogen and oxygen atoms in total. The van der Waals surface area contributed by atoms with Gasteiger partial charge in [0.1, 0.15) is 5.82 Å². The number of carbonyl (C=O) groups excluding carboxylic acids is 1. The largest absolute Gasteiger partial charge is 0.338 e. The molecule has 0 unspecified atom stereocenters. The first kappa shape index (κ1) is 19.1. The molecular weight excluding hydrogens is 392 g/mol. The number of hydrogen-bond donors (Lipinski definition) is 0. The monoisotopic (exact) mass is 416 g/mol. The Morgan fingerprint density at radius 1 is 1.03 bits per heavy atom. The zero-order chi connectivity index (χ0) is 20.3. The van der Waals surface area contributed by atoms with Crippen molar-refractivity contribution in [3.8, 4) is 5.69 Å². The van der Waals surface area contributed by atoms with Gasteiger partial charge in [-0.05, 0) is 42.5 Å². The standard InChI is InChI=1S/C24H24N4OS/c29-22(27-15-13-19(14-16-27)18-7-3-1-4-8-18)17-30-24-25-23(20-11-12-20)28(26-24)21-9-5-2-6-10-21/h1-10,13,20H,11-12,14-17H2. The number of hydrogen-bond acceptors (Lipinski definition) is 4. The zero-order valence-corrected chi connectivity index (χ0v) is 17.6. The lowest BCUT2D eigenvalue weighted by molar-refractivity contribution is -0.127. The van der Waals surface area contributed by atoms with Crippen molar-refractivity contribution < 1.29 is 4.79 Å². The maximum Gasteiger partial charge on any atom is 0.233 e. The molecule has 2 heterocycles. The van der Waals surface area contributed by atoms with Crippen LogP contribution in [0.1, 0.15) is 36.6 Å². The Labute approximate surface area is 180 Å². The van der Waals surface area contributed by atoms with E-state index in [1.165, 1.54) is 35.7 Å². The van der Waals surface area contributed by atoms with Crippen LogP contribution in [0.3, 0.4) is 0 Å². The molecule has 0 radical (unpaired) electrons. The summed E-state index contributed by atoms with van der Waals surface area (Å²) in [5.74, 6) is 2.03. The van der Waals surface area contributed by atoms with Crippen molar-refractivity contribution in [1.29, 1.82) is 0 Å². The van der Waals surface area contributed by atoms with E-state index in [-0.39, 0.29) is 5.91 Å². The van der Waals surface area contributed by atoms with E-state index in [9.17, 15) is 4.79 Å². The van der Waals surface area contributed by atoms with Crippen molar-refractivity contribution in [2.24, 2.45) is 0 Å². The first-order valence-corrected chi connectivity index (χ1v) is 11.4. The van der Waals surface area contributed by atoms with Gasteiger partial charge in [-0.3, -0.25) is 4.79 Å². The summed E-state index contributed by atoms with van der Waals surface area (Å²) in [6.07, 6.45) is 5.40. The molecule has 1 aromatic heterocycles. The molecule has 6 heteroatoms. The number of thioether (sulfide) groups is 1. The van der Waals surface area contributed by atoms with Crippen LogP contribution in [0.15, 0.2) is 71.9 Å². The second-order valence-corrected chi connectivity index (χ2v) is 8.69. The summed E-state index contributed by atoms with van der Waals surface area (Å²) in [5.41, 5.74) is 3.60. The molecule has 1 saturated carbocycles. The molecule has 1 amide bonds.